The first kappa shape index (κ1) is 16.0. The highest BCUT2D eigenvalue weighted by molar-refractivity contribution is 5.97. The average Bonchev–Trinajstić information content (AvgIpc) is 3.03. The third-order valence-corrected chi connectivity index (χ3v) is 4.24. The van der Waals surface area contributed by atoms with Crippen LogP contribution in [-0.4, -0.2) is 50.0 Å². The van der Waals surface area contributed by atoms with Crippen LogP contribution in [0.1, 0.15) is 10.4 Å². The summed E-state index contributed by atoms with van der Waals surface area (Å²) in [7, 11) is 0. The smallest absolute Gasteiger partial charge is 0.414 e. The van der Waals surface area contributed by atoms with Crippen LogP contribution >= 0.6 is 0 Å². The number of nitrogens with zero attached hydrogens (tertiary/aromatic N) is 5. The molecule has 0 bridgehead atoms. The zero-order valence-electron chi connectivity index (χ0n) is 13.7. The molecule has 0 atom stereocenters. The highest BCUT2D eigenvalue weighted by atomic mass is 16.6. The zero-order valence-corrected chi connectivity index (χ0v) is 13.7. The lowest BCUT2D eigenvalue weighted by atomic mass is 10.1. The van der Waals surface area contributed by atoms with E-state index in [2.05, 4.69) is 9.97 Å². The van der Waals surface area contributed by atoms with Crippen LogP contribution in [-0.2, 0) is 6.54 Å². The van der Waals surface area contributed by atoms with E-state index in [1.54, 1.807) is 15.7 Å². The maximum absolute atomic E-state index is 12.8. The van der Waals surface area contributed by atoms with Crippen LogP contribution < -0.4 is 4.74 Å². The number of carbonyl (C=O) groups is 1. The van der Waals surface area contributed by atoms with Crippen LogP contribution in [0.5, 0.6) is 6.01 Å². The van der Waals surface area contributed by atoms with E-state index in [1.807, 2.05) is 30.3 Å². The number of para-hydroxylation sites is 1. The number of hydrogen-bond donors (Lipinski definition) is 0. The summed E-state index contributed by atoms with van der Waals surface area (Å²) >= 11 is 0. The maximum atomic E-state index is 12.8. The number of amides is 1. The van der Waals surface area contributed by atoms with Crippen molar-refractivity contribution >= 4 is 22.6 Å². The summed E-state index contributed by atoms with van der Waals surface area (Å²) in [6.45, 7) is 1.34. The predicted molar refractivity (Wildman–Crippen MR) is 92.0 cm³/mol. The van der Waals surface area contributed by atoms with Gasteiger partial charge in [-0.2, -0.15) is 0 Å². The van der Waals surface area contributed by atoms with Crippen molar-refractivity contribution in [1.29, 1.82) is 0 Å². The molecule has 132 valence electrons. The van der Waals surface area contributed by atoms with Crippen LogP contribution in [0.25, 0.3) is 10.9 Å². The molecule has 26 heavy (non-hydrogen) atoms. The number of imidazole rings is 1. The predicted octanol–water partition coefficient (Wildman–Crippen LogP) is 1.87. The first-order valence-corrected chi connectivity index (χ1v) is 8.10. The molecule has 3 heterocycles. The maximum Gasteiger partial charge on any atom is 0.414 e. The Morgan fingerprint density at radius 3 is 2.92 bits per heavy atom. The quantitative estimate of drug-likeness (QED) is 0.515. The molecular formula is C17H15N5O4. The van der Waals surface area contributed by atoms with Crippen molar-refractivity contribution in [2.75, 3.05) is 19.7 Å². The van der Waals surface area contributed by atoms with Gasteiger partial charge in [0.2, 0.25) is 0 Å². The van der Waals surface area contributed by atoms with Crippen LogP contribution in [0.15, 0.2) is 42.7 Å². The molecular weight excluding hydrogens is 338 g/mol. The van der Waals surface area contributed by atoms with Gasteiger partial charge in [0.15, 0.2) is 0 Å². The Labute approximate surface area is 148 Å². The second kappa shape index (κ2) is 6.43. The van der Waals surface area contributed by atoms with Gasteiger partial charge < -0.3 is 19.8 Å². The Kier molecular flexibility index (Phi) is 3.96. The highest BCUT2D eigenvalue weighted by Crippen LogP contribution is 2.20. The first-order valence-electron chi connectivity index (χ1n) is 8.10. The third kappa shape index (κ3) is 2.94. The van der Waals surface area contributed by atoms with Crippen molar-refractivity contribution in [2.45, 2.75) is 6.54 Å². The van der Waals surface area contributed by atoms with E-state index < -0.39 is 4.92 Å². The Balaban J connectivity index is 1.55. The van der Waals surface area contributed by atoms with Gasteiger partial charge in [0, 0.05) is 29.7 Å². The molecule has 1 aliphatic rings. The lowest BCUT2D eigenvalue weighted by molar-refractivity contribution is -0.389. The fourth-order valence-electron chi connectivity index (χ4n) is 2.91. The number of rotatable bonds is 2. The van der Waals surface area contributed by atoms with E-state index in [-0.39, 0.29) is 24.3 Å². The molecule has 9 heteroatoms. The lowest BCUT2D eigenvalue weighted by Gasteiger charge is -2.24. The van der Waals surface area contributed by atoms with Crippen LogP contribution in [0.3, 0.4) is 0 Å². The molecule has 0 N–H and O–H groups in total. The molecule has 0 fully saturated rings. The minimum atomic E-state index is -0.565. The fourth-order valence-corrected chi connectivity index (χ4v) is 2.91. The van der Waals surface area contributed by atoms with Crippen molar-refractivity contribution < 1.29 is 14.5 Å². The molecule has 0 aliphatic carbocycles. The third-order valence-electron chi connectivity index (χ3n) is 4.24. The molecule has 0 saturated carbocycles. The molecule has 4 rings (SSSR count). The number of fused-ring (bicyclic) bond motifs is 2. The standard InChI is InChI=1S/C17H15N5O4/c23-16(13-9-12-3-1-2-4-14(12)18-10-13)20-5-6-21-11-15(22(24)25)19-17(21)26-8-7-20/h1-4,9-11H,5-8H2. The Hall–Kier alpha value is -3.49. The van der Waals surface area contributed by atoms with Crippen molar-refractivity contribution in [2.24, 2.45) is 0 Å². The summed E-state index contributed by atoms with van der Waals surface area (Å²) in [4.78, 5) is 32.9. The molecule has 3 aromatic rings. The van der Waals surface area contributed by atoms with Gasteiger partial charge in [-0.25, -0.2) is 0 Å². The zero-order chi connectivity index (χ0) is 18.1. The van der Waals surface area contributed by atoms with Crippen LogP contribution in [0, 0.1) is 10.1 Å². The SMILES string of the molecule is O=C(c1cnc2ccccc2c1)N1CCOc2nc([N+](=O)[O-])cn2CC1. The van der Waals surface area contributed by atoms with Gasteiger partial charge >= 0.3 is 11.8 Å². The summed E-state index contributed by atoms with van der Waals surface area (Å²) in [5.74, 6) is -0.413. The van der Waals surface area contributed by atoms with Gasteiger partial charge in [0.1, 0.15) is 12.8 Å². The molecule has 0 radical (unpaired) electrons. The van der Waals surface area contributed by atoms with E-state index in [0.29, 0.717) is 25.2 Å². The minimum absolute atomic E-state index is 0.148. The lowest BCUT2D eigenvalue weighted by Crippen LogP contribution is -2.38. The molecule has 2 aromatic heterocycles. The number of pyridine rings is 1. The van der Waals surface area contributed by atoms with E-state index in [9.17, 15) is 14.9 Å². The molecule has 0 saturated heterocycles. The highest BCUT2D eigenvalue weighted by Gasteiger charge is 2.25. The number of ether oxygens (including phenoxy) is 1. The van der Waals surface area contributed by atoms with Gasteiger partial charge in [-0.3, -0.25) is 14.3 Å². The topological polar surface area (TPSA) is 103 Å². The largest absolute Gasteiger partial charge is 0.444 e. The van der Waals surface area contributed by atoms with Crippen molar-refractivity contribution in [3.63, 3.8) is 0 Å². The molecule has 1 aromatic carbocycles. The second-order valence-corrected chi connectivity index (χ2v) is 5.89. The first-order chi connectivity index (χ1) is 12.6. The van der Waals surface area contributed by atoms with Crippen molar-refractivity contribution in [1.82, 2.24) is 19.4 Å². The average molecular weight is 353 g/mol. The van der Waals surface area contributed by atoms with Crippen molar-refractivity contribution in [3.05, 3.63) is 58.4 Å². The van der Waals surface area contributed by atoms with E-state index in [0.717, 1.165) is 10.9 Å². The van der Waals surface area contributed by atoms with Gasteiger partial charge in [0.05, 0.1) is 17.6 Å². The van der Waals surface area contributed by atoms with E-state index in [4.69, 9.17) is 4.74 Å². The number of benzene rings is 1. The molecule has 1 amide bonds. The summed E-state index contributed by atoms with van der Waals surface area (Å²) in [5.41, 5.74) is 1.33. The number of aromatic nitrogens is 3. The number of hydrogen-bond acceptors (Lipinski definition) is 6. The van der Waals surface area contributed by atoms with Crippen molar-refractivity contribution in [3.8, 4) is 6.01 Å². The van der Waals surface area contributed by atoms with Crippen LogP contribution in [0.4, 0.5) is 5.82 Å². The number of nitro groups is 1. The fraction of sp³-hybridized carbons (Fsp3) is 0.235. The Morgan fingerprint density at radius 1 is 1.23 bits per heavy atom. The summed E-state index contributed by atoms with van der Waals surface area (Å²) in [6, 6.07) is 9.62. The number of carbonyl (C=O) groups excluding carboxylic acids is 1. The summed E-state index contributed by atoms with van der Waals surface area (Å²) < 4.78 is 7.04. The molecule has 0 spiro atoms. The van der Waals surface area contributed by atoms with Gasteiger partial charge in [-0.1, -0.05) is 18.2 Å². The monoisotopic (exact) mass is 353 g/mol. The van der Waals surface area contributed by atoms with Gasteiger partial charge in [-0.05, 0) is 17.1 Å². The second-order valence-electron chi connectivity index (χ2n) is 5.89. The van der Waals surface area contributed by atoms with Crippen LogP contribution in [0.2, 0.25) is 0 Å². The summed E-state index contributed by atoms with van der Waals surface area (Å²) in [5, 5.41) is 11.8. The van der Waals surface area contributed by atoms with E-state index in [1.165, 1.54) is 6.20 Å². The Bertz CT molecular complexity index is 1000. The minimum Gasteiger partial charge on any atom is -0.444 e. The Morgan fingerprint density at radius 2 is 2.08 bits per heavy atom. The van der Waals surface area contributed by atoms with Gasteiger partial charge in [-0.15, -0.1) is 0 Å². The molecule has 9 nitrogen and oxygen atoms in total. The summed E-state index contributed by atoms with van der Waals surface area (Å²) in [6.07, 6.45) is 2.89. The van der Waals surface area contributed by atoms with Gasteiger partial charge in [0.25, 0.3) is 5.91 Å². The molecule has 0 unspecified atom stereocenters. The molecule has 1 aliphatic heterocycles. The normalized spacial score (nSPS) is 14.2. The van der Waals surface area contributed by atoms with E-state index >= 15 is 0 Å².